The monoisotopic (exact) mass is 283 g/mol. The molecule has 1 aliphatic carbocycles. The van der Waals surface area contributed by atoms with Gasteiger partial charge in [-0.2, -0.15) is 0 Å². The van der Waals surface area contributed by atoms with Crippen molar-refractivity contribution in [1.29, 1.82) is 0 Å². The van der Waals surface area contributed by atoms with Gasteiger partial charge < -0.3 is 0 Å². The lowest BCUT2D eigenvalue weighted by Crippen LogP contribution is -2.31. The fraction of sp³-hybridized carbons (Fsp3) is 0.529. The van der Waals surface area contributed by atoms with Crippen LogP contribution in [0.3, 0.4) is 0 Å². The molecular weight excluding hydrogens is 262 g/mol. The van der Waals surface area contributed by atoms with E-state index < -0.39 is 0 Å². The van der Waals surface area contributed by atoms with Crippen LogP contribution in [-0.4, -0.2) is 28.0 Å². The Morgan fingerprint density at radius 2 is 2.05 bits per heavy atom. The van der Waals surface area contributed by atoms with Gasteiger partial charge in [-0.3, -0.25) is 14.3 Å². The van der Waals surface area contributed by atoms with Gasteiger partial charge in [0.05, 0.1) is 16.9 Å². The van der Waals surface area contributed by atoms with Crippen molar-refractivity contribution in [2.24, 2.45) is 5.92 Å². The lowest BCUT2D eigenvalue weighted by Gasteiger charge is -2.23. The van der Waals surface area contributed by atoms with Crippen LogP contribution in [0.4, 0.5) is 0 Å². The van der Waals surface area contributed by atoms with E-state index in [1.165, 1.54) is 19.3 Å². The summed E-state index contributed by atoms with van der Waals surface area (Å²) in [5, 5.41) is 0.752. The van der Waals surface area contributed by atoms with Gasteiger partial charge in [0, 0.05) is 6.54 Å². The minimum Gasteiger partial charge on any atom is -0.297 e. The Morgan fingerprint density at radius 3 is 2.76 bits per heavy atom. The van der Waals surface area contributed by atoms with Gasteiger partial charge in [-0.15, -0.1) is 0 Å². The first-order chi connectivity index (χ1) is 10.2. The van der Waals surface area contributed by atoms with Gasteiger partial charge >= 0.3 is 0 Å². The second-order valence-electron chi connectivity index (χ2n) is 6.48. The molecule has 1 saturated carbocycles. The van der Waals surface area contributed by atoms with Crippen molar-refractivity contribution in [2.75, 3.05) is 13.6 Å². The molecule has 1 aliphatic heterocycles. The third-order valence-electron chi connectivity index (χ3n) is 4.85. The van der Waals surface area contributed by atoms with Crippen molar-refractivity contribution < 1.29 is 0 Å². The zero-order valence-corrected chi connectivity index (χ0v) is 12.5. The summed E-state index contributed by atoms with van der Waals surface area (Å²) >= 11 is 0. The first kappa shape index (κ1) is 13.0. The van der Waals surface area contributed by atoms with Crippen LogP contribution in [0.25, 0.3) is 10.9 Å². The smallest absolute Gasteiger partial charge is 0.261 e. The molecule has 1 aromatic heterocycles. The number of para-hydroxylation sites is 1. The van der Waals surface area contributed by atoms with Crippen LogP contribution in [-0.2, 0) is 6.54 Å². The number of fused-ring (bicyclic) bond motifs is 1. The first-order valence-electron chi connectivity index (χ1n) is 7.94. The molecule has 2 fully saturated rings. The number of rotatable bonds is 3. The highest BCUT2D eigenvalue weighted by Crippen LogP contribution is 2.33. The van der Waals surface area contributed by atoms with E-state index in [4.69, 9.17) is 4.98 Å². The van der Waals surface area contributed by atoms with Gasteiger partial charge in [-0.05, 0) is 57.3 Å². The van der Waals surface area contributed by atoms with Crippen LogP contribution < -0.4 is 5.56 Å². The van der Waals surface area contributed by atoms with Crippen LogP contribution in [0.1, 0.15) is 37.5 Å². The van der Waals surface area contributed by atoms with E-state index in [2.05, 4.69) is 11.9 Å². The van der Waals surface area contributed by atoms with E-state index in [1.807, 2.05) is 28.8 Å². The molecule has 110 valence electrons. The largest absolute Gasteiger partial charge is 0.297 e. The topological polar surface area (TPSA) is 38.1 Å². The van der Waals surface area contributed by atoms with E-state index in [1.54, 1.807) is 0 Å². The maximum atomic E-state index is 12.9. The zero-order valence-electron chi connectivity index (χ0n) is 12.5. The predicted molar refractivity (Wildman–Crippen MR) is 83.3 cm³/mol. The number of hydrogen-bond acceptors (Lipinski definition) is 3. The van der Waals surface area contributed by atoms with Gasteiger partial charge in [0.15, 0.2) is 0 Å². The van der Waals surface area contributed by atoms with Crippen molar-refractivity contribution in [1.82, 2.24) is 14.5 Å². The molecule has 21 heavy (non-hydrogen) atoms. The molecule has 0 spiro atoms. The van der Waals surface area contributed by atoms with Gasteiger partial charge in [0.2, 0.25) is 0 Å². The van der Waals surface area contributed by atoms with E-state index >= 15 is 0 Å². The quantitative estimate of drug-likeness (QED) is 0.869. The fourth-order valence-corrected chi connectivity index (χ4v) is 3.41. The molecule has 1 aromatic carbocycles. The maximum Gasteiger partial charge on any atom is 0.261 e. The summed E-state index contributed by atoms with van der Waals surface area (Å²) in [5.74, 6) is 1.65. The normalized spacial score (nSPS) is 23.0. The third kappa shape index (κ3) is 2.27. The van der Waals surface area contributed by atoms with Crippen LogP contribution >= 0.6 is 0 Å². The number of benzene rings is 1. The molecule has 1 saturated heterocycles. The molecule has 0 radical (unpaired) electrons. The summed E-state index contributed by atoms with van der Waals surface area (Å²) in [5.41, 5.74) is 0.979. The number of hydrogen-bond donors (Lipinski definition) is 0. The minimum atomic E-state index is 0.141. The molecule has 1 unspecified atom stereocenters. The molecule has 1 atom stereocenters. The maximum absolute atomic E-state index is 12.9. The highest BCUT2D eigenvalue weighted by Gasteiger charge is 2.30. The molecule has 0 N–H and O–H groups in total. The van der Waals surface area contributed by atoms with Crippen LogP contribution in [0, 0.1) is 5.92 Å². The molecule has 2 aromatic rings. The Balaban J connectivity index is 1.91. The average molecular weight is 283 g/mol. The van der Waals surface area contributed by atoms with Crippen LogP contribution in [0.15, 0.2) is 29.1 Å². The summed E-state index contributed by atoms with van der Waals surface area (Å²) in [6.07, 6.45) is 4.79. The summed E-state index contributed by atoms with van der Waals surface area (Å²) < 4.78 is 1.96. The van der Waals surface area contributed by atoms with Crippen molar-refractivity contribution in [3.05, 3.63) is 40.4 Å². The van der Waals surface area contributed by atoms with Gasteiger partial charge in [0.1, 0.15) is 5.82 Å². The molecule has 0 amide bonds. The fourth-order valence-electron chi connectivity index (χ4n) is 3.41. The lowest BCUT2D eigenvalue weighted by molar-refractivity contribution is 0.293. The molecule has 4 heteroatoms. The van der Waals surface area contributed by atoms with Gasteiger partial charge in [-0.25, -0.2) is 4.98 Å². The van der Waals surface area contributed by atoms with Gasteiger partial charge in [0.25, 0.3) is 5.56 Å². The molecule has 0 bridgehead atoms. The number of aromatic nitrogens is 2. The van der Waals surface area contributed by atoms with Crippen LogP contribution in [0.5, 0.6) is 0 Å². The van der Waals surface area contributed by atoms with E-state index in [0.29, 0.717) is 12.0 Å². The molecular formula is C17H21N3O. The van der Waals surface area contributed by atoms with E-state index in [9.17, 15) is 4.79 Å². The molecule has 4 rings (SSSR count). The highest BCUT2D eigenvalue weighted by atomic mass is 16.1. The van der Waals surface area contributed by atoms with Crippen molar-refractivity contribution >= 4 is 10.9 Å². The van der Waals surface area contributed by atoms with Gasteiger partial charge in [-0.1, -0.05) is 12.1 Å². The first-order valence-corrected chi connectivity index (χ1v) is 7.94. The second-order valence-corrected chi connectivity index (χ2v) is 6.48. The Morgan fingerprint density at radius 1 is 1.24 bits per heavy atom. The Hall–Kier alpha value is -1.68. The lowest BCUT2D eigenvalue weighted by atomic mass is 10.1. The SMILES string of the molecule is CN1CCCC1c1nc2ccccc2c(=O)n1CC1CC1. The van der Waals surface area contributed by atoms with Crippen molar-refractivity contribution in [2.45, 2.75) is 38.3 Å². The number of nitrogens with zero attached hydrogens (tertiary/aromatic N) is 3. The summed E-state index contributed by atoms with van der Waals surface area (Å²) in [4.78, 5) is 20.1. The molecule has 2 aliphatic rings. The van der Waals surface area contributed by atoms with E-state index in [-0.39, 0.29) is 5.56 Å². The molecule has 4 nitrogen and oxygen atoms in total. The zero-order chi connectivity index (χ0) is 14.4. The highest BCUT2D eigenvalue weighted by molar-refractivity contribution is 5.77. The minimum absolute atomic E-state index is 0.141. The average Bonchev–Trinajstić information content (AvgIpc) is 3.22. The Labute approximate surface area is 124 Å². The second kappa shape index (κ2) is 4.95. The third-order valence-corrected chi connectivity index (χ3v) is 4.85. The van der Waals surface area contributed by atoms with Crippen LogP contribution in [0.2, 0.25) is 0 Å². The van der Waals surface area contributed by atoms with Crippen molar-refractivity contribution in [3.8, 4) is 0 Å². The Kier molecular flexibility index (Phi) is 3.07. The van der Waals surface area contributed by atoms with Crippen molar-refractivity contribution in [3.63, 3.8) is 0 Å². The predicted octanol–water partition coefficient (Wildman–Crippen LogP) is 2.57. The van der Waals surface area contributed by atoms with E-state index in [0.717, 1.165) is 36.2 Å². The standard InChI is InChI=1S/C17H21N3O/c1-19-10-4-7-15(19)16-18-14-6-3-2-5-13(14)17(21)20(16)11-12-8-9-12/h2-3,5-6,12,15H,4,7-11H2,1H3. The Bertz CT molecular complexity index is 732. The molecule has 2 heterocycles. The number of likely N-dealkylation sites (tertiary alicyclic amines) is 1. The summed E-state index contributed by atoms with van der Waals surface area (Å²) in [7, 11) is 2.14. The summed E-state index contributed by atoms with van der Waals surface area (Å²) in [6.45, 7) is 1.94. The summed E-state index contributed by atoms with van der Waals surface area (Å²) in [6, 6.07) is 8.03.